The van der Waals surface area contributed by atoms with Crippen molar-refractivity contribution in [3.05, 3.63) is 63.7 Å². The summed E-state index contributed by atoms with van der Waals surface area (Å²) in [5.74, 6) is -5.39. The molecule has 0 aromatic heterocycles. The Morgan fingerprint density at radius 2 is 1.53 bits per heavy atom. The molecule has 4 N–H and O–H groups in total. The fourth-order valence-electron chi connectivity index (χ4n) is 4.39. The summed E-state index contributed by atoms with van der Waals surface area (Å²) < 4.78 is 42.6. The van der Waals surface area contributed by atoms with Crippen LogP contribution in [0.3, 0.4) is 0 Å². The minimum atomic E-state index is -5.19. The molecule has 4 rings (SSSR count). The first kappa shape index (κ1) is 24.7. The number of phenols is 3. The maximum atomic E-state index is 13.6. The van der Waals surface area contributed by atoms with Gasteiger partial charge < -0.3 is 24.2 Å². The second-order valence-corrected chi connectivity index (χ2v) is 8.96. The van der Waals surface area contributed by atoms with Crippen LogP contribution in [0.2, 0.25) is 0 Å². The molecule has 0 unspecified atom stereocenters. The predicted molar refractivity (Wildman–Crippen MR) is 124 cm³/mol. The highest BCUT2D eigenvalue weighted by atomic mass is 32.3. The average Bonchev–Trinajstić information content (AvgIpc) is 2.75. The summed E-state index contributed by atoms with van der Waals surface area (Å²) in [7, 11) is -4.09. The molecule has 0 saturated carbocycles. The van der Waals surface area contributed by atoms with Gasteiger partial charge >= 0.3 is 10.4 Å². The molecule has 0 atom stereocenters. The highest BCUT2D eigenvalue weighted by Crippen LogP contribution is 2.51. The van der Waals surface area contributed by atoms with E-state index in [2.05, 4.69) is 4.18 Å². The lowest BCUT2D eigenvalue weighted by Gasteiger charge is -2.25. The lowest BCUT2D eigenvalue weighted by Crippen LogP contribution is -2.23. The molecule has 12 heteroatoms. The Kier molecular flexibility index (Phi) is 5.73. The second-order valence-electron chi connectivity index (χ2n) is 7.94. The topological polar surface area (TPSA) is 185 Å². The van der Waals surface area contributed by atoms with Crippen LogP contribution in [0.4, 0.5) is 0 Å². The Bertz CT molecular complexity index is 1620. The Hall–Kier alpha value is -4.42. The van der Waals surface area contributed by atoms with Crippen LogP contribution >= 0.6 is 0 Å². The van der Waals surface area contributed by atoms with Gasteiger partial charge in [-0.05, 0) is 31.5 Å². The highest BCUT2D eigenvalue weighted by molar-refractivity contribution is 7.81. The van der Waals surface area contributed by atoms with Crippen molar-refractivity contribution in [1.82, 2.24) is 0 Å². The van der Waals surface area contributed by atoms with Gasteiger partial charge in [-0.2, -0.15) is 8.42 Å². The molecule has 0 aliphatic heterocycles. The normalized spacial score (nSPS) is 12.7. The lowest BCUT2D eigenvalue weighted by atomic mass is 9.77. The fraction of sp³-hybridized carbons (Fsp3) is 0.125. The zero-order chi connectivity index (χ0) is 26.7. The summed E-state index contributed by atoms with van der Waals surface area (Å²) in [5, 5.41) is 31.3. The van der Waals surface area contributed by atoms with E-state index in [0.717, 1.165) is 26.2 Å². The number of carbonyl (C=O) groups is 3. The summed E-state index contributed by atoms with van der Waals surface area (Å²) >= 11 is 0. The number of aromatic hydroxyl groups is 3. The molecular formula is C24H18O11S. The Labute approximate surface area is 204 Å². The minimum absolute atomic E-state index is 0.120. The van der Waals surface area contributed by atoms with Crippen LogP contribution in [0.1, 0.15) is 54.7 Å². The number of phenolic OH excluding ortho intramolecular Hbond substituents is 3. The first-order valence-electron chi connectivity index (χ1n) is 10.2. The van der Waals surface area contributed by atoms with Crippen LogP contribution in [0, 0.1) is 6.92 Å². The van der Waals surface area contributed by atoms with Crippen LogP contribution in [-0.4, -0.2) is 52.7 Å². The van der Waals surface area contributed by atoms with Gasteiger partial charge in [0.25, 0.3) is 0 Å². The number of aryl methyl sites for hydroxylation is 1. The first-order valence-corrected chi connectivity index (χ1v) is 11.5. The van der Waals surface area contributed by atoms with Gasteiger partial charge in [-0.1, -0.05) is 12.1 Å². The van der Waals surface area contributed by atoms with Gasteiger partial charge in [0.05, 0.1) is 23.8 Å². The van der Waals surface area contributed by atoms with Gasteiger partial charge in [0.15, 0.2) is 17.3 Å². The van der Waals surface area contributed by atoms with Gasteiger partial charge in [-0.3, -0.25) is 18.9 Å². The van der Waals surface area contributed by atoms with Gasteiger partial charge in [0, 0.05) is 22.8 Å². The Balaban J connectivity index is 2.23. The van der Waals surface area contributed by atoms with E-state index >= 15 is 0 Å². The summed E-state index contributed by atoms with van der Waals surface area (Å²) in [5.41, 5.74) is -2.23. The van der Waals surface area contributed by atoms with E-state index in [1.165, 1.54) is 25.1 Å². The molecule has 186 valence electrons. The van der Waals surface area contributed by atoms with Gasteiger partial charge in [-0.25, -0.2) is 0 Å². The van der Waals surface area contributed by atoms with Crippen LogP contribution in [0.25, 0.3) is 11.1 Å². The van der Waals surface area contributed by atoms with Crippen molar-refractivity contribution >= 4 is 27.7 Å². The monoisotopic (exact) mass is 514 g/mol. The third-order valence-electron chi connectivity index (χ3n) is 5.70. The standard InChI is InChI=1S/C24H18O11S/c1-9-7-13(27)19-21(22(29)11-5-4-6-12(26)18(11)23(19)30)16(9)20-15(35-36(31,32)33)8-14(28)17(10(2)25)24(20)34-3/h4-8,26-28H,1-3H3,(H,31,32,33). The lowest BCUT2D eigenvalue weighted by molar-refractivity contribution is 0.0974. The quantitative estimate of drug-likeness (QED) is 0.227. The number of methoxy groups -OCH3 is 1. The zero-order valence-corrected chi connectivity index (χ0v) is 19.8. The highest BCUT2D eigenvalue weighted by Gasteiger charge is 2.39. The van der Waals surface area contributed by atoms with Crippen molar-refractivity contribution in [2.45, 2.75) is 13.8 Å². The van der Waals surface area contributed by atoms with E-state index in [1.807, 2.05) is 0 Å². The van der Waals surface area contributed by atoms with Crippen molar-refractivity contribution < 1.29 is 51.6 Å². The van der Waals surface area contributed by atoms with Crippen molar-refractivity contribution in [3.8, 4) is 39.9 Å². The molecule has 0 bridgehead atoms. The maximum absolute atomic E-state index is 13.6. The first-order chi connectivity index (χ1) is 16.8. The number of Topliss-reactive ketones (excluding diaryl/α,β-unsaturated/α-hetero) is 1. The van der Waals surface area contributed by atoms with Crippen LogP contribution in [-0.2, 0) is 10.4 Å². The SMILES string of the molecule is COc1c(C(C)=O)c(O)cc(OS(=O)(=O)O)c1-c1c(C)cc(O)c2c1C(=O)c1cccc(O)c1C2=O. The molecule has 3 aromatic rings. The van der Waals surface area contributed by atoms with E-state index in [-0.39, 0.29) is 27.8 Å². The van der Waals surface area contributed by atoms with Crippen molar-refractivity contribution in [2.75, 3.05) is 7.11 Å². The molecule has 11 nitrogen and oxygen atoms in total. The summed E-state index contributed by atoms with van der Waals surface area (Å²) in [6.45, 7) is 2.51. The number of hydrogen-bond donors (Lipinski definition) is 4. The Morgan fingerprint density at radius 3 is 2.11 bits per heavy atom. The number of ketones is 3. The van der Waals surface area contributed by atoms with E-state index in [1.54, 1.807) is 0 Å². The van der Waals surface area contributed by atoms with E-state index < -0.39 is 73.2 Å². The fourth-order valence-corrected chi connectivity index (χ4v) is 4.75. The van der Waals surface area contributed by atoms with Crippen LogP contribution in [0.15, 0.2) is 30.3 Å². The smallest absolute Gasteiger partial charge is 0.446 e. The molecule has 0 fully saturated rings. The summed E-state index contributed by atoms with van der Waals surface area (Å²) in [6.07, 6.45) is 0. The number of hydrogen-bond acceptors (Lipinski definition) is 10. The molecule has 0 radical (unpaired) electrons. The molecular weight excluding hydrogens is 496 g/mol. The molecule has 0 heterocycles. The van der Waals surface area contributed by atoms with Crippen LogP contribution in [0.5, 0.6) is 28.7 Å². The van der Waals surface area contributed by atoms with E-state index in [9.17, 15) is 42.7 Å². The summed E-state index contributed by atoms with van der Waals surface area (Å²) in [6, 6.07) is 5.66. The molecule has 0 amide bonds. The number of benzene rings is 3. The van der Waals surface area contributed by atoms with Crippen molar-refractivity contribution in [1.29, 1.82) is 0 Å². The molecule has 1 aliphatic carbocycles. The zero-order valence-electron chi connectivity index (χ0n) is 18.9. The number of rotatable bonds is 5. The third kappa shape index (κ3) is 3.72. The third-order valence-corrected chi connectivity index (χ3v) is 6.09. The molecule has 0 saturated heterocycles. The maximum Gasteiger partial charge on any atom is 0.446 e. The Morgan fingerprint density at radius 1 is 0.861 bits per heavy atom. The summed E-state index contributed by atoms with van der Waals surface area (Å²) in [4.78, 5) is 39.3. The van der Waals surface area contributed by atoms with E-state index in [0.29, 0.717) is 0 Å². The molecule has 0 spiro atoms. The average molecular weight is 514 g/mol. The molecule has 1 aliphatic rings. The van der Waals surface area contributed by atoms with Gasteiger partial charge in [0.1, 0.15) is 28.6 Å². The number of fused-ring (bicyclic) bond motifs is 2. The van der Waals surface area contributed by atoms with Gasteiger partial charge in [-0.15, -0.1) is 0 Å². The minimum Gasteiger partial charge on any atom is -0.507 e. The van der Waals surface area contributed by atoms with E-state index in [4.69, 9.17) is 4.74 Å². The van der Waals surface area contributed by atoms with Crippen LogP contribution < -0.4 is 8.92 Å². The second kappa shape index (κ2) is 8.36. The number of ether oxygens (including phenoxy) is 1. The van der Waals surface area contributed by atoms with Crippen molar-refractivity contribution in [2.24, 2.45) is 0 Å². The molecule has 3 aromatic carbocycles. The molecule has 36 heavy (non-hydrogen) atoms. The van der Waals surface area contributed by atoms with Gasteiger partial charge in [0.2, 0.25) is 5.78 Å². The number of carbonyl (C=O) groups excluding carboxylic acids is 3. The predicted octanol–water partition coefficient (Wildman–Crippen LogP) is 2.95. The largest absolute Gasteiger partial charge is 0.507 e. The van der Waals surface area contributed by atoms with Crippen molar-refractivity contribution in [3.63, 3.8) is 0 Å².